The molecule has 0 unspecified atom stereocenters. The van der Waals surface area contributed by atoms with Gasteiger partial charge in [-0.2, -0.15) is 0 Å². The van der Waals surface area contributed by atoms with Crippen molar-refractivity contribution in [2.45, 2.75) is 25.4 Å². The van der Waals surface area contributed by atoms with E-state index in [4.69, 9.17) is 4.84 Å². The second kappa shape index (κ2) is 7.06. The second-order valence-electron chi connectivity index (χ2n) is 4.16. The molecule has 0 spiro atoms. The lowest BCUT2D eigenvalue weighted by Crippen LogP contribution is -2.30. The summed E-state index contributed by atoms with van der Waals surface area (Å²) in [6.45, 7) is 6.16. The molecule has 0 aliphatic heterocycles. The van der Waals surface area contributed by atoms with Gasteiger partial charge in [0, 0.05) is 12.5 Å². The Balaban J connectivity index is 4.87. The van der Waals surface area contributed by atoms with E-state index in [2.05, 4.69) is 31.2 Å². The summed E-state index contributed by atoms with van der Waals surface area (Å²) in [4.78, 5) is 15.8. The number of oxime groups is 1. The predicted molar refractivity (Wildman–Crippen MR) is 73.2 cm³/mol. The van der Waals surface area contributed by atoms with Gasteiger partial charge >= 0.3 is 6.09 Å². The largest absolute Gasteiger partial charge is 0.433 e. The first-order chi connectivity index (χ1) is 7.36. The minimum absolute atomic E-state index is 0.120. The lowest BCUT2D eigenvalue weighted by molar-refractivity contribution is 0.151. The molecular weight excluding hydrogens is 244 g/mol. The summed E-state index contributed by atoms with van der Waals surface area (Å²) < 4.78 is 0.199. The fraction of sp³-hybridized carbons (Fsp3) is 0.800. The first-order valence-corrected chi connectivity index (χ1v) is 7.47. The number of amides is 1. The molecule has 94 valence electrons. The molecule has 0 fully saturated rings. The van der Waals surface area contributed by atoms with Crippen molar-refractivity contribution in [2.24, 2.45) is 10.6 Å². The van der Waals surface area contributed by atoms with E-state index in [9.17, 15) is 4.79 Å². The van der Waals surface area contributed by atoms with E-state index in [1.54, 1.807) is 23.5 Å². The molecule has 0 saturated carbocycles. The van der Waals surface area contributed by atoms with Crippen LogP contribution < -0.4 is 5.32 Å². The molecule has 0 aromatic rings. The van der Waals surface area contributed by atoms with E-state index in [0.717, 1.165) is 5.71 Å². The monoisotopic (exact) mass is 264 g/mol. The van der Waals surface area contributed by atoms with E-state index >= 15 is 0 Å². The number of carbonyl (C=O) groups excluding carboxylic acids is 1. The molecular formula is C10H20N2O2S2. The Labute approximate surface area is 106 Å². The molecule has 0 rings (SSSR count). The van der Waals surface area contributed by atoms with Crippen molar-refractivity contribution in [1.82, 2.24) is 5.32 Å². The van der Waals surface area contributed by atoms with Crippen LogP contribution in [0, 0.1) is 5.41 Å². The Kier molecular flexibility index (Phi) is 6.90. The summed E-state index contributed by atoms with van der Waals surface area (Å²) in [5.41, 5.74) is 0.751. The zero-order chi connectivity index (χ0) is 12.8. The Bertz CT molecular complexity index is 258. The summed E-state index contributed by atoms with van der Waals surface area (Å²) in [6, 6.07) is 0. The fourth-order valence-electron chi connectivity index (χ4n) is 0.989. The van der Waals surface area contributed by atoms with Gasteiger partial charge in [-0.05, 0) is 12.5 Å². The molecule has 1 N–H and O–H groups in total. The number of carbonyl (C=O) groups is 1. The van der Waals surface area contributed by atoms with E-state index in [1.165, 1.54) is 7.05 Å². The number of thioether (sulfide) groups is 2. The molecule has 0 radical (unpaired) electrons. The molecule has 0 aliphatic rings. The van der Waals surface area contributed by atoms with Crippen LogP contribution in [0.2, 0.25) is 0 Å². The number of nitrogens with zero attached hydrogens (tertiary/aromatic N) is 1. The molecule has 0 bridgehead atoms. The third kappa shape index (κ3) is 5.12. The van der Waals surface area contributed by atoms with Gasteiger partial charge in [-0.1, -0.05) is 25.9 Å². The van der Waals surface area contributed by atoms with Gasteiger partial charge in [0.25, 0.3) is 0 Å². The number of nitrogens with one attached hydrogen (secondary N) is 1. The van der Waals surface area contributed by atoms with Gasteiger partial charge in [-0.15, -0.1) is 23.5 Å². The van der Waals surface area contributed by atoms with Crippen LogP contribution in [0.4, 0.5) is 4.79 Å². The maximum absolute atomic E-state index is 11.0. The number of hydrogen-bond donors (Lipinski definition) is 1. The third-order valence-electron chi connectivity index (χ3n) is 1.85. The Morgan fingerprint density at radius 1 is 1.31 bits per heavy atom. The van der Waals surface area contributed by atoms with E-state index < -0.39 is 6.09 Å². The third-order valence-corrected chi connectivity index (χ3v) is 4.31. The van der Waals surface area contributed by atoms with E-state index in [1.807, 2.05) is 12.5 Å². The Hall–Kier alpha value is -0.360. The summed E-state index contributed by atoms with van der Waals surface area (Å²) in [7, 11) is 1.51. The summed E-state index contributed by atoms with van der Waals surface area (Å²) in [6.07, 6.45) is 3.49. The predicted octanol–water partition coefficient (Wildman–Crippen LogP) is 2.80. The zero-order valence-electron chi connectivity index (χ0n) is 10.7. The average molecular weight is 264 g/mol. The van der Waals surface area contributed by atoms with Gasteiger partial charge in [0.05, 0.1) is 10.3 Å². The van der Waals surface area contributed by atoms with Crippen molar-refractivity contribution < 1.29 is 9.63 Å². The van der Waals surface area contributed by atoms with Crippen LogP contribution in [0.5, 0.6) is 0 Å². The second-order valence-corrected chi connectivity index (χ2v) is 6.34. The average Bonchev–Trinajstić information content (AvgIpc) is 2.21. The van der Waals surface area contributed by atoms with Gasteiger partial charge in [0.15, 0.2) is 0 Å². The minimum Gasteiger partial charge on any atom is -0.323 e. The maximum atomic E-state index is 11.0. The smallest absolute Gasteiger partial charge is 0.323 e. The Morgan fingerprint density at radius 2 is 1.81 bits per heavy atom. The molecule has 0 aliphatic carbocycles. The van der Waals surface area contributed by atoms with Crippen LogP contribution in [-0.4, -0.2) is 35.9 Å². The van der Waals surface area contributed by atoms with Crippen molar-refractivity contribution in [2.75, 3.05) is 19.6 Å². The van der Waals surface area contributed by atoms with Crippen molar-refractivity contribution in [3.05, 3.63) is 0 Å². The minimum atomic E-state index is -0.539. The van der Waals surface area contributed by atoms with Crippen LogP contribution in [-0.2, 0) is 4.84 Å². The van der Waals surface area contributed by atoms with Crippen molar-refractivity contribution in [3.8, 4) is 0 Å². The highest BCUT2D eigenvalue weighted by atomic mass is 32.2. The van der Waals surface area contributed by atoms with Gasteiger partial charge in [0.1, 0.15) is 0 Å². The van der Waals surface area contributed by atoms with Crippen molar-refractivity contribution >= 4 is 35.3 Å². The lowest BCUT2D eigenvalue weighted by atomic mass is 9.91. The molecule has 4 nitrogen and oxygen atoms in total. The fourth-order valence-corrected chi connectivity index (χ4v) is 3.00. The summed E-state index contributed by atoms with van der Waals surface area (Å²) in [5.74, 6) is 0. The van der Waals surface area contributed by atoms with Crippen LogP contribution in [0.3, 0.4) is 0 Å². The van der Waals surface area contributed by atoms with E-state index in [0.29, 0.717) is 0 Å². The molecule has 6 heteroatoms. The molecule has 0 atom stereocenters. The highest BCUT2D eigenvalue weighted by molar-refractivity contribution is 8.17. The summed E-state index contributed by atoms with van der Waals surface area (Å²) >= 11 is 3.37. The lowest BCUT2D eigenvalue weighted by Gasteiger charge is -2.25. The molecule has 16 heavy (non-hydrogen) atoms. The zero-order valence-corrected chi connectivity index (χ0v) is 12.3. The maximum Gasteiger partial charge on any atom is 0.433 e. The van der Waals surface area contributed by atoms with Gasteiger partial charge in [-0.3, -0.25) is 4.84 Å². The van der Waals surface area contributed by atoms with Crippen LogP contribution in [0.25, 0.3) is 0 Å². The van der Waals surface area contributed by atoms with Crippen LogP contribution in [0.15, 0.2) is 5.16 Å². The first-order valence-electron chi connectivity index (χ1n) is 4.89. The molecule has 0 saturated heterocycles. The van der Waals surface area contributed by atoms with E-state index in [-0.39, 0.29) is 10.00 Å². The SMILES string of the molecule is CNC(=O)O/N=C(\C(SC)SC)C(C)(C)C. The molecule has 0 aromatic heterocycles. The van der Waals surface area contributed by atoms with Gasteiger partial charge < -0.3 is 5.32 Å². The number of hydrogen-bond acceptors (Lipinski definition) is 5. The highest BCUT2D eigenvalue weighted by Crippen LogP contribution is 2.30. The molecule has 1 amide bonds. The molecule has 0 heterocycles. The van der Waals surface area contributed by atoms with Gasteiger partial charge in [-0.25, -0.2) is 4.79 Å². The quantitative estimate of drug-likeness (QED) is 0.367. The topological polar surface area (TPSA) is 50.7 Å². The first kappa shape index (κ1) is 15.6. The number of rotatable bonds is 4. The van der Waals surface area contributed by atoms with Crippen LogP contribution >= 0.6 is 23.5 Å². The standard InChI is InChI=1S/C10H20N2O2S2/c1-10(2,3)7(8(15-5)16-6)12-14-9(13)11-4/h8H,1-6H3,(H,11,13)/b12-7+. The normalized spacial score (nSPS) is 12.8. The molecule has 0 aromatic carbocycles. The van der Waals surface area contributed by atoms with Crippen molar-refractivity contribution in [1.29, 1.82) is 0 Å². The highest BCUT2D eigenvalue weighted by Gasteiger charge is 2.27. The van der Waals surface area contributed by atoms with Crippen molar-refractivity contribution in [3.63, 3.8) is 0 Å². The van der Waals surface area contributed by atoms with Gasteiger partial charge in [0.2, 0.25) is 0 Å². The van der Waals surface area contributed by atoms with Crippen LogP contribution in [0.1, 0.15) is 20.8 Å². The Morgan fingerprint density at radius 3 is 2.12 bits per heavy atom. The summed E-state index contributed by atoms with van der Waals surface area (Å²) in [5, 5.41) is 6.34.